The number of benzene rings is 2. The van der Waals surface area contributed by atoms with Crippen LogP contribution in [0, 0.1) is 17.3 Å². The van der Waals surface area contributed by atoms with Crippen molar-refractivity contribution < 1.29 is 14.4 Å². The third kappa shape index (κ3) is 5.07. The van der Waals surface area contributed by atoms with E-state index in [1.165, 1.54) is 0 Å². The molecular formula is C29H39N3O3. The predicted octanol–water partition coefficient (Wildman–Crippen LogP) is 4.53. The SMILES string of the molecule is CC[C@@H](C)C(=O)N[C@H](C(=O)N1CC[C@H]2CC[C@H](NC(=O)c3cccc4ccccc34)[C@H]21)C(C)(C)C. The van der Waals surface area contributed by atoms with Crippen molar-refractivity contribution in [1.82, 2.24) is 15.5 Å². The van der Waals surface area contributed by atoms with Gasteiger partial charge >= 0.3 is 0 Å². The average molecular weight is 478 g/mol. The Bertz CT molecular complexity index is 1100. The highest BCUT2D eigenvalue weighted by molar-refractivity contribution is 6.07. The van der Waals surface area contributed by atoms with Crippen LogP contribution in [-0.2, 0) is 9.59 Å². The first-order valence-corrected chi connectivity index (χ1v) is 13.0. The van der Waals surface area contributed by atoms with Crippen molar-refractivity contribution in [2.45, 2.75) is 78.4 Å². The highest BCUT2D eigenvalue weighted by Gasteiger charge is 2.49. The summed E-state index contributed by atoms with van der Waals surface area (Å²) in [4.78, 5) is 41.9. The van der Waals surface area contributed by atoms with Crippen molar-refractivity contribution in [2.24, 2.45) is 17.3 Å². The van der Waals surface area contributed by atoms with Crippen molar-refractivity contribution in [3.63, 3.8) is 0 Å². The van der Waals surface area contributed by atoms with Gasteiger partial charge in [0.2, 0.25) is 11.8 Å². The summed E-state index contributed by atoms with van der Waals surface area (Å²) in [5, 5.41) is 8.28. The van der Waals surface area contributed by atoms with Crippen molar-refractivity contribution in [3.8, 4) is 0 Å². The molecule has 1 heterocycles. The maximum absolute atomic E-state index is 13.9. The summed E-state index contributed by atoms with van der Waals surface area (Å²) >= 11 is 0. The molecule has 0 bridgehead atoms. The summed E-state index contributed by atoms with van der Waals surface area (Å²) in [7, 11) is 0. The van der Waals surface area contributed by atoms with Crippen LogP contribution in [0.2, 0.25) is 0 Å². The van der Waals surface area contributed by atoms with Crippen LogP contribution in [0.1, 0.15) is 70.7 Å². The molecule has 1 aliphatic heterocycles. The molecule has 4 rings (SSSR count). The minimum Gasteiger partial charge on any atom is -0.347 e. The molecule has 6 heteroatoms. The first kappa shape index (κ1) is 25.2. The molecule has 1 aliphatic carbocycles. The summed E-state index contributed by atoms with van der Waals surface area (Å²) < 4.78 is 0. The molecule has 0 unspecified atom stereocenters. The fraction of sp³-hybridized carbons (Fsp3) is 0.552. The predicted molar refractivity (Wildman–Crippen MR) is 139 cm³/mol. The molecule has 2 N–H and O–H groups in total. The Morgan fingerprint density at radius 2 is 1.74 bits per heavy atom. The highest BCUT2D eigenvalue weighted by atomic mass is 16.2. The molecule has 2 aliphatic rings. The van der Waals surface area contributed by atoms with Gasteiger partial charge in [0.05, 0.1) is 6.04 Å². The van der Waals surface area contributed by atoms with E-state index in [1.807, 2.05) is 82.0 Å². The molecule has 6 nitrogen and oxygen atoms in total. The van der Waals surface area contributed by atoms with Crippen LogP contribution >= 0.6 is 0 Å². The van der Waals surface area contributed by atoms with Crippen LogP contribution in [0.3, 0.4) is 0 Å². The van der Waals surface area contributed by atoms with Crippen LogP contribution < -0.4 is 10.6 Å². The van der Waals surface area contributed by atoms with E-state index in [0.29, 0.717) is 18.0 Å². The number of carbonyl (C=O) groups is 3. The molecule has 3 amide bonds. The molecule has 1 saturated carbocycles. The number of amides is 3. The van der Waals surface area contributed by atoms with Crippen molar-refractivity contribution in [1.29, 1.82) is 0 Å². The van der Waals surface area contributed by atoms with Crippen LogP contribution in [-0.4, -0.2) is 47.3 Å². The zero-order valence-corrected chi connectivity index (χ0v) is 21.6. The van der Waals surface area contributed by atoms with Gasteiger partial charge in [-0.3, -0.25) is 14.4 Å². The van der Waals surface area contributed by atoms with Gasteiger partial charge in [-0.2, -0.15) is 0 Å². The Morgan fingerprint density at radius 3 is 2.46 bits per heavy atom. The van der Waals surface area contributed by atoms with Gasteiger partial charge in [0.1, 0.15) is 6.04 Å². The molecule has 2 aromatic carbocycles. The van der Waals surface area contributed by atoms with E-state index < -0.39 is 11.5 Å². The van der Waals surface area contributed by atoms with Crippen molar-refractivity contribution in [3.05, 3.63) is 48.0 Å². The summed E-state index contributed by atoms with van der Waals surface area (Å²) in [5.74, 6) is 0.0294. The number of nitrogens with zero attached hydrogens (tertiary/aromatic N) is 1. The molecule has 0 radical (unpaired) electrons. The van der Waals surface area contributed by atoms with Gasteiger partial charge in [0.15, 0.2) is 0 Å². The van der Waals surface area contributed by atoms with Gasteiger partial charge in [-0.25, -0.2) is 0 Å². The number of nitrogens with one attached hydrogen (secondary N) is 2. The third-order valence-electron chi connectivity index (χ3n) is 7.94. The Labute approximate surface area is 208 Å². The topological polar surface area (TPSA) is 78.5 Å². The normalized spacial score (nSPS) is 23.6. The van der Waals surface area contributed by atoms with E-state index in [1.54, 1.807) is 0 Å². The molecular weight excluding hydrogens is 438 g/mol. The number of rotatable bonds is 6. The van der Waals surface area contributed by atoms with Gasteiger partial charge in [-0.05, 0) is 53.9 Å². The largest absolute Gasteiger partial charge is 0.347 e. The van der Waals surface area contributed by atoms with Gasteiger partial charge in [0.25, 0.3) is 5.91 Å². The lowest BCUT2D eigenvalue weighted by atomic mass is 9.85. The first-order valence-electron chi connectivity index (χ1n) is 13.0. The van der Waals surface area contributed by atoms with Crippen molar-refractivity contribution >= 4 is 28.5 Å². The minimum atomic E-state index is -0.599. The fourth-order valence-electron chi connectivity index (χ4n) is 5.67. The van der Waals surface area contributed by atoms with E-state index in [9.17, 15) is 14.4 Å². The van der Waals surface area contributed by atoms with Gasteiger partial charge in [0, 0.05) is 24.1 Å². The zero-order valence-electron chi connectivity index (χ0n) is 21.6. The van der Waals surface area contributed by atoms with Gasteiger partial charge < -0.3 is 15.5 Å². The van der Waals surface area contributed by atoms with E-state index in [0.717, 1.165) is 36.5 Å². The Balaban J connectivity index is 1.54. The standard InChI is InChI=1S/C29H39N3O3/c1-6-18(2)26(33)31-25(29(3,4)5)28(35)32-17-16-20-14-15-23(24(20)32)30-27(34)22-13-9-11-19-10-7-8-12-21(19)22/h7-13,18,20,23-25H,6,14-17H2,1-5H3,(H,30,34)(H,31,33)/t18-,20-,23+,24+,25-/m1/s1. The molecule has 0 spiro atoms. The molecule has 35 heavy (non-hydrogen) atoms. The molecule has 5 atom stereocenters. The number of hydrogen-bond donors (Lipinski definition) is 2. The third-order valence-corrected chi connectivity index (χ3v) is 7.94. The first-order chi connectivity index (χ1) is 16.6. The minimum absolute atomic E-state index is 0.0343. The maximum atomic E-state index is 13.9. The van der Waals surface area contributed by atoms with Crippen LogP contribution in [0.4, 0.5) is 0 Å². The fourth-order valence-corrected chi connectivity index (χ4v) is 5.67. The molecule has 1 saturated heterocycles. The summed E-state index contributed by atoms with van der Waals surface area (Å²) in [6.45, 7) is 10.5. The van der Waals surface area contributed by atoms with Gasteiger partial charge in [-0.15, -0.1) is 0 Å². The molecule has 188 valence electrons. The van der Waals surface area contributed by atoms with Crippen LogP contribution in [0.15, 0.2) is 42.5 Å². The number of likely N-dealkylation sites (tertiary alicyclic amines) is 1. The summed E-state index contributed by atoms with van der Waals surface area (Å²) in [6, 6.07) is 13.0. The second kappa shape index (κ2) is 10.00. The average Bonchev–Trinajstić information content (AvgIpc) is 3.43. The summed E-state index contributed by atoms with van der Waals surface area (Å²) in [6.07, 6.45) is 3.52. The Morgan fingerprint density at radius 1 is 1.03 bits per heavy atom. The number of fused-ring (bicyclic) bond motifs is 2. The van der Waals surface area contributed by atoms with E-state index in [2.05, 4.69) is 10.6 Å². The lowest BCUT2D eigenvalue weighted by molar-refractivity contribution is -0.141. The van der Waals surface area contributed by atoms with Crippen molar-refractivity contribution in [2.75, 3.05) is 6.54 Å². The molecule has 0 aromatic heterocycles. The van der Waals surface area contributed by atoms with Crippen LogP contribution in [0.25, 0.3) is 10.8 Å². The van der Waals surface area contributed by atoms with Gasteiger partial charge in [-0.1, -0.05) is 71.0 Å². The smallest absolute Gasteiger partial charge is 0.252 e. The highest BCUT2D eigenvalue weighted by Crippen LogP contribution is 2.39. The summed E-state index contributed by atoms with van der Waals surface area (Å²) in [5.41, 5.74) is 0.245. The monoisotopic (exact) mass is 477 g/mol. The second-order valence-corrected chi connectivity index (χ2v) is 11.4. The number of hydrogen-bond acceptors (Lipinski definition) is 3. The lowest BCUT2D eigenvalue weighted by Crippen LogP contribution is -2.59. The second-order valence-electron chi connectivity index (χ2n) is 11.4. The molecule has 2 aromatic rings. The van der Waals surface area contributed by atoms with E-state index in [-0.39, 0.29) is 35.7 Å². The quantitative estimate of drug-likeness (QED) is 0.642. The Kier molecular flexibility index (Phi) is 7.20. The lowest BCUT2D eigenvalue weighted by Gasteiger charge is -2.38. The zero-order chi connectivity index (χ0) is 25.3. The van der Waals surface area contributed by atoms with E-state index >= 15 is 0 Å². The Hall–Kier alpha value is -2.89. The maximum Gasteiger partial charge on any atom is 0.252 e. The molecule has 2 fully saturated rings. The van der Waals surface area contributed by atoms with Crippen LogP contribution in [0.5, 0.6) is 0 Å². The number of carbonyl (C=O) groups excluding carboxylic acids is 3. The van der Waals surface area contributed by atoms with E-state index in [4.69, 9.17) is 0 Å².